The number of hydrogen-bond acceptors (Lipinski definition) is 3. The Balaban J connectivity index is 1.70. The van der Waals surface area contributed by atoms with Crippen molar-refractivity contribution in [1.29, 1.82) is 0 Å². The molecular weight excluding hydrogens is 238 g/mol. The summed E-state index contributed by atoms with van der Waals surface area (Å²) in [4.78, 5) is 14.6. The lowest BCUT2D eigenvalue weighted by atomic mass is 9.94. The number of piperidine rings is 2. The van der Waals surface area contributed by atoms with E-state index < -0.39 is 0 Å². The molecule has 4 heteroatoms. The number of nitrogens with one attached hydrogen (secondary N) is 2. The molecule has 0 spiro atoms. The van der Waals surface area contributed by atoms with E-state index in [0.717, 1.165) is 19.5 Å². The molecule has 2 aliphatic heterocycles. The molecule has 0 aliphatic carbocycles. The minimum Gasteiger partial charge on any atom is -0.353 e. The summed E-state index contributed by atoms with van der Waals surface area (Å²) in [6.07, 6.45) is 6.14. The lowest BCUT2D eigenvalue weighted by Gasteiger charge is -2.33. The van der Waals surface area contributed by atoms with Crippen LogP contribution in [0.5, 0.6) is 0 Å². The second kappa shape index (κ2) is 7.25. The molecular formula is C15H29N3O. The Hall–Kier alpha value is -0.610. The maximum absolute atomic E-state index is 12.1. The zero-order valence-electron chi connectivity index (χ0n) is 12.5. The predicted molar refractivity (Wildman–Crippen MR) is 78.1 cm³/mol. The maximum Gasteiger partial charge on any atom is 0.237 e. The molecule has 0 radical (unpaired) electrons. The smallest absolute Gasteiger partial charge is 0.237 e. The topological polar surface area (TPSA) is 44.4 Å². The highest BCUT2D eigenvalue weighted by Crippen LogP contribution is 2.15. The molecule has 3 atom stereocenters. The minimum atomic E-state index is 0.0253. The van der Waals surface area contributed by atoms with Crippen LogP contribution < -0.4 is 10.6 Å². The van der Waals surface area contributed by atoms with Crippen molar-refractivity contribution in [3.05, 3.63) is 0 Å². The van der Waals surface area contributed by atoms with Crippen molar-refractivity contribution >= 4 is 5.91 Å². The van der Waals surface area contributed by atoms with Gasteiger partial charge in [-0.05, 0) is 58.2 Å². The molecule has 0 aromatic carbocycles. The highest BCUT2D eigenvalue weighted by Gasteiger charge is 2.25. The number of nitrogens with zero attached hydrogens (tertiary/aromatic N) is 1. The summed E-state index contributed by atoms with van der Waals surface area (Å²) in [6, 6.07) is 0.488. The summed E-state index contributed by atoms with van der Waals surface area (Å²) in [5.74, 6) is 0.854. The van der Waals surface area contributed by atoms with E-state index in [1.54, 1.807) is 0 Å². The normalized spacial score (nSPS) is 30.8. The standard InChI is InChI=1S/C15H29N3O/c1-12-6-7-16-14(10-12)15(19)17-11-13(2)18-8-4-3-5-9-18/h12-14,16H,3-11H2,1-2H3,(H,17,19). The van der Waals surface area contributed by atoms with Gasteiger partial charge < -0.3 is 10.6 Å². The molecule has 19 heavy (non-hydrogen) atoms. The molecule has 110 valence electrons. The molecule has 0 aromatic heterocycles. The first-order chi connectivity index (χ1) is 9.16. The number of carbonyl (C=O) groups is 1. The molecule has 3 unspecified atom stereocenters. The summed E-state index contributed by atoms with van der Waals surface area (Å²) >= 11 is 0. The predicted octanol–water partition coefficient (Wildman–Crippen LogP) is 1.37. The lowest BCUT2D eigenvalue weighted by molar-refractivity contribution is -0.124. The molecule has 2 heterocycles. The van der Waals surface area contributed by atoms with E-state index in [-0.39, 0.29) is 11.9 Å². The Labute approximate surface area is 117 Å². The van der Waals surface area contributed by atoms with E-state index in [0.29, 0.717) is 12.0 Å². The van der Waals surface area contributed by atoms with E-state index >= 15 is 0 Å². The van der Waals surface area contributed by atoms with Gasteiger partial charge in [0.05, 0.1) is 6.04 Å². The van der Waals surface area contributed by atoms with E-state index in [9.17, 15) is 4.79 Å². The fourth-order valence-corrected chi connectivity index (χ4v) is 3.17. The average molecular weight is 267 g/mol. The fourth-order valence-electron chi connectivity index (χ4n) is 3.17. The second-order valence-electron chi connectivity index (χ2n) is 6.33. The quantitative estimate of drug-likeness (QED) is 0.808. The Bertz CT molecular complexity index is 289. The first-order valence-corrected chi connectivity index (χ1v) is 7.92. The first-order valence-electron chi connectivity index (χ1n) is 7.92. The van der Waals surface area contributed by atoms with E-state index in [2.05, 4.69) is 29.4 Å². The molecule has 1 amide bonds. The summed E-state index contributed by atoms with van der Waals surface area (Å²) in [5, 5.41) is 6.45. The first kappa shape index (κ1) is 14.8. The van der Waals surface area contributed by atoms with E-state index in [4.69, 9.17) is 0 Å². The molecule has 0 bridgehead atoms. The third-order valence-corrected chi connectivity index (χ3v) is 4.57. The Morgan fingerprint density at radius 1 is 1.37 bits per heavy atom. The van der Waals surface area contributed by atoms with Crippen LogP contribution in [-0.2, 0) is 4.79 Å². The summed E-state index contributed by atoms with van der Waals surface area (Å²) in [5.41, 5.74) is 0. The highest BCUT2D eigenvalue weighted by molar-refractivity contribution is 5.81. The number of amides is 1. The molecule has 0 aromatic rings. The van der Waals surface area contributed by atoms with Crippen LogP contribution in [0.15, 0.2) is 0 Å². The second-order valence-corrected chi connectivity index (χ2v) is 6.33. The summed E-state index contributed by atoms with van der Waals surface area (Å²) < 4.78 is 0. The van der Waals surface area contributed by atoms with Crippen molar-refractivity contribution in [2.75, 3.05) is 26.2 Å². The molecule has 2 saturated heterocycles. The third-order valence-electron chi connectivity index (χ3n) is 4.57. The van der Waals surface area contributed by atoms with Crippen LogP contribution in [0, 0.1) is 5.92 Å². The van der Waals surface area contributed by atoms with Gasteiger partial charge in [-0.15, -0.1) is 0 Å². The van der Waals surface area contributed by atoms with Gasteiger partial charge in [-0.2, -0.15) is 0 Å². The number of carbonyl (C=O) groups excluding carboxylic acids is 1. The van der Waals surface area contributed by atoms with Crippen LogP contribution in [0.4, 0.5) is 0 Å². The largest absolute Gasteiger partial charge is 0.353 e. The van der Waals surface area contributed by atoms with Crippen LogP contribution in [0.1, 0.15) is 46.0 Å². The van der Waals surface area contributed by atoms with Gasteiger partial charge in [0, 0.05) is 12.6 Å². The molecule has 2 fully saturated rings. The van der Waals surface area contributed by atoms with Crippen molar-refractivity contribution < 1.29 is 4.79 Å². The van der Waals surface area contributed by atoms with Crippen LogP contribution in [0.2, 0.25) is 0 Å². The number of hydrogen-bond donors (Lipinski definition) is 2. The van der Waals surface area contributed by atoms with Crippen LogP contribution in [-0.4, -0.2) is 49.1 Å². The van der Waals surface area contributed by atoms with Gasteiger partial charge >= 0.3 is 0 Å². The molecule has 2 aliphatic rings. The van der Waals surface area contributed by atoms with Crippen molar-refractivity contribution in [3.8, 4) is 0 Å². The van der Waals surface area contributed by atoms with Crippen LogP contribution >= 0.6 is 0 Å². The lowest BCUT2D eigenvalue weighted by Crippen LogP contribution is -2.51. The van der Waals surface area contributed by atoms with E-state index in [1.165, 1.54) is 38.8 Å². The zero-order chi connectivity index (χ0) is 13.7. The Kier molecular flexibility index (Phi) is 5.64. The van der Waals surface area contributed by atoms with Gasteiger partial charge in [0.1, 0.15) is 0 Å². The molecule has 2 N–H and O–H groups in total. The van der Waals surface area contributed by atoms with Crippen molar-refractivity contribution in [2.24, 2.45) is 5.92 Å². The van der Waals surface area contributed by atoms with Gasteiger partial charge in [-0.25, -0.2) is 0 Å². The van der Waals surface area contributed by atoms with Gasteiger partial charge in [-0.1, -0.05) is 13.3 Å². The van der Waals surface area contributed by atoms with Gasteiger partial charge in [0.2, 0.25) is 5.91 Å². The monoisotopic (exact) mass is 267 g/mol. The van der Waals surface area contributed by atoms with Crippen molar-refractivity contribution in [2.45, 2.75) is 58.0 Å². The van der Waals surface area contributed by atoms with Gasteiger partial charge in [0.25, 0.3) is 0 Å². The number of rotatable bonds is 4. The molecule has 0 saturated carbocycles. The zero-order valence-corrected chi connectivity index (χ0v) is 12.5. The van der Waals surface area contributed by atoms with Gasteiger partial charge in [0.15, 0.2) is 0 Å². The minimum absolute atomic E-state index is 0.0253. The Morgan fingerprint density at radius 3 is 2.79 bits per heavy atom. The third kappa shape index (κ3) is 4.46. The summed E-state index contributed by atoms with van der Waals surface area (Å²) in [7, 11) is 0. The Morgan fingerprint density at radius 2 is 2.11 bits per heavy atom. The summed E-state index contributed by atoms with van der Waals surface area (Å²) in [6.45, 7) is 8.60. The SMILES string of the molecule is CC1CCNC(C(=O)NCC(C)N2CCCCC2)C1. The van der Waals surface area contributed by atoms with Crippen molar-refractivity contribution in [3.63, 3.8) is 0 Å². The van der Waals surface area contributed by atoms with Crippen molar-refractivity contribution in [1.82, 2.24) is 15.5 Å². The fraction of sp³-hybridized carbons (Fsp3) is 0.933. The average Bonchev–Trinajstić information content (AvgIpc) is 2.45. The van der Waals surface area contributed by atoms with E-state index in [1.807, 2.05) is 0 Å². The highest BCUT2D eigenvalue weighted by atomic mass is 16.2. The molecule has 2 rings (SSSR count). The number of likely N-dealkylation sites (tertiary alicyclic amines) is 1. The maximum atomic E-state index is 12.1. The van der Waals surface area contributed by atoms with Gasteiger partial charge in [-0.3, -0.25) is 9.69 Å². The van der Waals surface area contributed by atoms with Crippen LogP contribution in [0.25, 0.3) is 0 Å². The molecule has 4 nitrogen and oxygen atoms in total. The van der Waals surface area contributed by atoms with Crippen LogP contribution in [0.3, 0.4) is 0 Å².